The summed E-state index contributed by atoms with van der Waals surface area (Å²) in [6.07, 6.45) is 7.85. The molecule has 1 saturated carbocycles. The lowest BCUT2D eigenvalue weighted by Crippen LogP contribution is -2.41. The number of rotatable bonds is 4. The minimum absolute atomic E-state index is 0.132. The van der Waals surface area contributed by atoms with E-state index in [1.807, 2.05) is 0 Å². The molecule has 0 bridgehead atoms. The van der Waals surface area contributed by atoms with Crippen LogP contribution in [0.25, 0.3) is 0 Å². The second-order valence-electron chi connectivity index (χ2n) is 6.52. The van der Waals surface area contributed by atoms with Crippen LogP contribution in [0.5, 0.6) is 0 Å². The smallest absolute Gasteiger partial charge is 0.0248 e. The standard InChI is InChI=1S/C16H29N/c1-6-16(12-7-8-13-16)14(17-5)10-9-11-15(2,3)4/h14,17H,6-8,10,12-13H2,1-5H3. The van der Waals surface area contributed by atoms with Crippen molar-refractivity contribution in [3.8, 4) is 11.8 Å². The minimum atomic E-state index is 0.132. The predicted molar refractivity (Wildman–Crippen MR) is 75.9 cm³/mol. The van der Waals surface area contributed by atoms with Gasteiger partial charge in [-0.2, -0.15) is 0 Å². The molecule has 1 atom stereocenters. The van der Waals surface area contributed by atoms with Gasteiger partial charge in [-0.3, -0.25) is 0 Å². The van der Waals surface area contributed by atoms with E-state index in [0.717, 1.165) is 6.42 Å². The molecule has 1 fully saturated rings. The minimum Gasteiger partial charge on any atom is -0.315 e. The Balaban J connectivity index is 2.67. The van der Waals surface area contributed by atoms with Gasteiger partial charge in [0.15, 0.2) is 0 Å². The molecule has 1 unspecified atom stereocenters. The van der Waals surface area contributed by atoms with E-state index in [-0.39, 0.29) is 5.41 Å². The Hall–Kier alpha value is -0.480. The molecular weight excluding hydrogens is 206 g/mol. The number of hydrogen-bond acceptors (Lipinski definition) is 1. The molecule has 98 valence electrons. The Morgan fingerprint density at radius 1 is 1.24 bits per heavy atom. The second-order valence-corrected chi connectivity index (χ2v) is 6.52. The normalized spacial score (nSPS) is 20.8. The van der Waals surface area contributed by atoms with Gasteiger partial charge in [-0.25, -0.2) is 0 Å². The summed E-state index contributed by atoms with van der Waals surface area (Å²) in [5.41, 5.74) is 0.647. The first-order valence-electron chi connectivity index (χ1n) is 7.11. The van der Waals surface area contributed by atoms with E-state index in [4.69, 9.17) is 0 Å². The molecule has 1 aliphatic carbocycles. The molecular formula is C16H29N. The molecule has 1 aliphatic rings. The van der Waals surface area contributed by atoms with Crippen molar-refractivity contribution in [3.05, 3.63) is 0 Å². The van der Waals surface area contributed by atoms with Crippen molar-refractivity contribution >= 4 is 0 Å². The molecule has 0 heterocycles. The molecule has 0 radical (unpaired) electrons. The summed E-state index contributed by atoms with van der Waals surface area (Å²) in [7, 11) is 2.10. The maximum absolute atomic E-state index is 3.52. The zero-order valence-corrected chi connectivity index (χ0v) is 12.3. The molecule has 0 saturated heterocycles. The third kappa shape index (κ3) is 4.03. The van der Waals surface area contributed by atoms with Gasteiger partial charge in [0.1, 0.15) is 0 Å². The zero-order chi connectivity index (χ0) is 12.9. The topological polar surface area (TPSA) is 12.0 Å². The van der Waals surface area contributed by atoms with Crippen LogP contribution in [0.3, 0.4) is 0 Å². The van der Waals surface area contributed by atoms with Gasteiger partial charge in [-0.05, 0) is 52.5 Å². The molecule has 0 aromatic rings. The zero-order valence-electron chi connectivity index (χ0n) is 12.3. The third-order valence-corrected chi connectivity index (χ3v) is 4.16. The lowest BCUT2D eigenvalue weighted by Gasteiger charge is -2.36. The third-order valence-electron chi connectivity index (χ3n) is 4.16. The summed E-state index contributed by atoms with van der Waals surface area (Å²) in [5.74, 6) is 6.76. The van der Waals surface area contributed by atoms with Gasteiger partial charge in [0.2, 0.25) is 0 Å². The van der Waals surface area contributed by atoms with Crippen LogP contribution < -0.4 is 5.32 Å². The van der Waals surface area contributed by atoms with E-state index >= 15 is 0 Å². The Bertz CT molecular complexity index is 281. The first-order chi connectivity index (χ1) is 7.93. The summed E-state index contributed by atoms with van der Waals surface area (Å²) in [5, 5.41) is 3.52. The monoisotopic (exact) mass is 235 g/mol. The second kappa shape index (κ2) is 5.91. The van der Waals surface area contributed by atoms with Crippen LogP contribution in [0.15, 0.2) is 0 Å². The Labute approximate surface area is 108 Å². The number of nitrogens with one attached hydrogen (secondary N) is 1. The quantitative estimate of drug-likeness (QED) is 0.727. The first kappa shape index (κ1) is 14.6. The summed E-state index contributed by atoms with van der Waals surface area (Å²) < 4.78 is 0. The van der Waals surface area contributed by atoms with Crippen molar-refractivity contribution in [2.75, 3.05) is 7.05 Å². The summed E-state index contributed by atoms with van der Waals surface area (Å²) in [4.78, 5) is 0. The first-order valence-corrected chi connectivity index (χ1v) is 7.11. The molecule has 0 aliphatic heterocycles. The highest BCUT2D eigenvalue weighted by atomic mass is 14.9. The van der Waals surface area contributed by atoms with Gasteiger partial charge >= 0.3 is 0 Å². The average molecular weight is 235 g/mol. The Morgan fingerprint density at radius 2 is 1.82 bits per heavy atom. The van der Waals surface area contributed by atoms with Gasteiger partial charge in [-0.15, -0.1) is 5.92 Å². The Morgan fingerprint density at radius 3 is 2.24 bits per heavy atom. The van der Waals surface area contributed by atoms with E-state index < -0.39 is 0 Å². The van der Waals surface area contributed by atoms with Crippen molar-refractivity contribution in [2.45, 2.75) is 72.3 Å². The fraction of sp³-hybridized carbons (Fsp3) is 0.875. The predicted octanol–water partition coefficient (Wildman–Crippen LogP) is 3.98. The molecule has 1 rings (SSSR count). The van der Waals surface area contributed by atoms with Gasteiger partial charge in [0.25, 0.3) is 0 Å². The molecule has 1 nitrogen and oxygen atoms in total. The highest BCUT2D eigenvalue weighted by molar-refractivity contribution is 5.10. The summed E-state index contributed by atoms with van der Waals surface area (Å²) in [6, 6.07) is 0.574. The van der Waals surface area contributed by atoms with E-state index in [0.29, 0.717) is 11.5 Å². The van der Waals surface area contributed by atoms with Gasteiger partial charge in [-0.1, -0.05) is 25.7 Å². The van der Waals surface area contributed by atoms with Crippen molar-refractivity contribution in [1.82, 2.24) is 5.32 Å². The molecule has 0 aromatic heterocycles. The van der Waals surface area contributed by atoms with Crippen molar-refractivity contribution < 1.29 is 0 Å². The average Bonchev–Trinajstić information content (AvgIpc) is 2.72. The van der Waals surface area contributed by atoms with Gasteiger partial charge in [0.05, 0.1) is 0 Å². The molecule has 0 aromatic carbocycles. The SMILES string of the molecule is CCC1(C(CC#CC(C)(C)C)NC)CCCC1. The molecule has 17 heavy (non-hydrogen) atoms. The van der Waals surface area contributed by atoms with E-state index in [1.54, 1.807) is 0 Å². The van der Waals surface area contributed by atoms with E-state index in [9.17, 15) is 0 Å². The van der Waals surface area contributed by atoms with Crippen molar-refractivity contribution in [3.63, 3.8) is 0 Å². The van der Waals surface area contributed by atoms with Crippen molar-refractivity contribution in [2.24, 2.45) is 10.8 Å². The highest BCUT2D eigenvalue weighted by Gasteiger charge is 2.38. The van der Waals surface area contributed by atoms with Gasteiger partial charge < -0.3 is 5.32 Å². The number of hydrogen-bond donors (Lipinski definition) is 1. The van der Waals surface area contributed by atoms with Crippen LogP contribution in [-0.2, 0) is 0 Å². The van der Waals surface area contributed by atoms with E-state index in [1.165, 1.54) is 32.1 Å². The van der Waals surface area contributed by atoms with Crippen LogP contribution in [0.4, 0.5) is 0 Å². The highest BCUT2D eigenvalue weighted by Crippen LogP contribution is 2.44. The van der Waals surface area contributed by atoms with Crippen LogP contribution in [-0.4, -0.2) is 13.1 Å². The van der Waals surface area contributed by atoms with Crippen molar-refractivity contribution in [1.29, 1.82) is 0 Å². The maximum Gasteiger partial charge on any atom is 0.0248 e. The van der Waals surface area contributed by atoms with E-state index in [2.05, 4.69) is 51.9 Å². The fourth-order valence-corrected chi connectivity index (χ4v) is 3.07. The van der Waals surface area contributed by atoms with Gasteiger partial charge in [0, 0.05) is 17.9 Å². The largest absolute Gasteiger partial charge is 0.315 e. The van der Waals surface area contributed by atoms with Crippen LogP contribution in [0.2, 0.25) is 0 Å². The summed E-state index contributed by atoms with van der Waals surface area (Å²) in [6.45, 7) is 8.88. The van der Waals surface area contributed by atoms with Crippen LogP contribution in [0.1, 0.15) is 66.2 Å². The maximum atomic E-state index is 3.52. The molecule has 1 N–H and O–H groups in total. The molecule has 0 spiro atoms. The fourth-order valence-electron chi connectivity index (χ4n) is 3.07. The molecule has 0 amide bonds. The van der Waals surface area contributed by atoms with Crippen LogP contribution in [0, 0.1) is 22.7 Å². The lowest BCUT2D eigenvalue weighted by molar-refractivity contribution is 0.196. The molecule has 1 heteroatoms. The lowest BCUT2D eigenvalue weighted by atomic mass is 9.75. The van der Waals surface area contributed by atoms with Crippen LogP contribution >= 0.6 is 0 Å². The Kier molecular flexibility index (Phi) is 5.07. The summed E-state index contributed by atoms with van der Waals surface area (Å²) >= 11 is 0.